The van der Waals surface area contributed by atoms with Crippen LogP contribution in [0.15, 0.2) is 97.1 Å². The van der Waals surface area contributed by atoms with Gasteiger partial charge in [-0.2, -0.15) is 0 Å². The van der Waals surface area contributed by atoms with Crippen LogP contribution in [0.3, 0.4) is 0 Å². The number of amides is 7. The Bertz CT molecular complexity index is 2630. The summed E-state index contributed by atoms with van der Waals surface area (Å²) in [5, 5.41) is 9.32. The van der Waals surface area contributed by atoms with Gasteiger partial charge in [-0.25, -0.2) is 23.2 Å². The molecular formula is C51H59Cl3F2N10O6. The number of primary amides is 2. The van der Waals surface area contributed by atoms with Crippen LogP contribution in [0.5, 0.6) is 0 Å². The summed E-state index contributed by atoms with van der Waals surface area (Å²) in [5.74, 6) is -0.828. The second-order valence-corrected chi connectivity index (χ2v) is 19.8. The van der Waals surface area contributed by atoms with E-state index in [9.17, 15) is 32.8 Å². The van der Waals surface area contributed by atoms with Crippen molar-refractivity contribution in [2.75, 3.05) is 63.0 Å². The molecule has 0 spiro atoms. The van der Waals surface area contributed by atoms with E-state index in [0.717, 1.165) is 30.8 Å². The molecule has 4 aromatic rings. The molecule has 384 valence electrons. The van der Waals surface area contributed by atoms with Crippen LogP contribution in [0.25, 0.3) is 12.2 Å². The van der Waals surface area contributed by atoms with E-state index in [4.69, 9.17) is 39.4 Å². The van der Waals surface area contributed by atoms with Crippen LogP contribution < -0.4 is 27.4 Å². The molecule has 4 fully saturated rings. The molecule has 4 bridgehead atoms. The first-order valence-electron chi connectivity index (χ1n) is 23.1. The van der Waals surface area contributed by atoms with E-state index in [1.807, 2.05) is 30.6 Å². The SMILES string of the molecule is CC(C)(C)OC(=O)N1CC2CN(Cc3ccc(F)cc3)CC(C1)N2C(=O)/C=C/c1ccc(Cl)cc1NC(N)=O.Cl.NC(=O)Nc1cc(Cl)ccc1/C=C/C(=O)N1C2CNCC1CN(Cc1ccc(F)cc1)C2. The van der Waals surface area contributed by atoms with Gasteiger partial charge in [-0.1, -0.05) is 59.6 Å². The van der Waals surface area contributed by atoms with Gasteiger partial charge >= 0.3 is 18.2 Å². The minimum absolute atomic E-state index is 0. The minimum Gasteiger partial charge on any atom is -0.444 e. The number of ether oxygens (including phenoxy) is 1. The van der Waals surface area contributed by atoms with Crippen molar-refractivity contribution in [3.05, 3.63) is 141 Å². The van der Waals surface area contributed by atoms with E-state index < -0.39 is 23.8 Å². The Kier molecular flexibility index (Phi) is 18.7. The van der Waals surface area contributed by atoms with Gasteiger partial charge in [0.2, 0.25) is 11.8 Å². The number of hydrogen-bond acceptors (Lipinski definition) is 9. The number of carbonyl (C=O) groups excluding carboxylic acids is 5. The summed E-state index contributed by atoms with van der Waals surface area (Å²) in [6, 6.07) is 20.9. The molecule has 4 aliphatic heterocycles. The predicted octanol–water partition coefficient (Wildman–Crippen LogP) is 7.40. The lowest BCUT2D eigenvalue weighted by molar-refractivity contribution is -0.141. The van der Waals surface area contributed by atoms with Crippen molar-refractivity contribution in [1.29, 1.82) is 0 Å². The molecule has 72 heavy (non-hydrogen) atoms. The molecule has 0 saturated carbocycles. The summed E-state index contributed by atoms with van der Waals surface area (Å²) >= 11 is 12.1. The fourth-order valence-electron chi connectivity index (χ4n) is 9.38. The monoisotopic (exact) mass is 1050 g/mol. The van der Waals surface area contributed by atoms with Gasteiger partial charge in [-0.05, 0) is 104 Å². The normalized spacial score (nSPS) is 20.0. The van der Waals surface area contributed by atoms with Gasteiger partial charge in [0.15, 0.2) is 0 Å². The molecule has 8 rings (SSSR count). The topological polar surface area (TPSA) is 199 Å². The van der Waals surface area contributed by atoms with Crippen LogP contribution >= 0.6 is 35.6 Å². The Labute approximate surface area is 433 Å². The van der Waals surface area contributed by atoms with Crippen molar-refractivity contribution in [2.45, 2.75) is 63.6 Å². The average Bonchev–Trinajstić information content (AvgIpc) is 3.28. The third-order valence-electron chi connectivity index (χ3n) is 12.2. The molecule has 0 radical (unpaired) electrons. The quantitative estimate of drug-likeness (QED) is 0.100. The molecule has 21 heteroatoms. The molecular weight excluding hydrogens is 993 g/mol. The third kappa shape index (κ3) is 15.1. The number of halogens is 5. The van der Waals surface area contributed by atoms with Crippen LogP contribution in [0.4, 0.5) is 34.5 Å². The first-order chi connectivity index (χ1) is 33.8. The van der Waals surface area contributed by atoms with Gasteiger partial charge in [0, 0.05) is 87.6 Å². The zero-order valence-electron chi connectivity index (χ0n) is 40.0. The number of rotatable bonds is 10. The number of piperazine rings is 4. The molecule has 16 nitrogen and oxygen atoms in total. The number of nitrogens with one attached hydrogen (secondary N) is 3. The number of anilines is 2. The molecule has 0 aliphatic carbocycles. The highest BCUT2D eigenvalue weighted by Gasteiger charge is 2.44. The second kappa shape index (κ2) is 24.4. The Morgan fingerprint density at radius 3 is 1.42 bits per heavy atom. The Morgan fingerprint density at radius 2 is 1.03 bits per heavy atom. The summed E-state index contributed by atoms with van der Waals surface area (Å²) in [6.45, 7) is 11.4. The average molecular weight is 1050 g/mol. The number of urea groups is 2. The van der Waals surface area contributed by atoms with Gasteiger partial charge in [0.05, 0.1) is 35.5 Å². The molecule has 7 amide bonds. The lowest BCUT2D eigenvalue weighted by Crippen LogP contribution is -2.70. The fraction of sp³-hybridized carbons (Fsp3) is 0.353. The molecule has 4 saturated heterocycles. The standard InChI is InChI=1S/C28H33ClFN5O4.C23H25ClFN5O2.ClH/c1-28(2,3)39-27(38)34-16-22-14-33(13-18-4-9-21(30)10-5-18)15-23(17-34)35(22)25(36)11-7-19-6-8-20(29)12-24(19)32-26(31)37;24-17-5-3-16(21(9-17)28-23(26)32)4-8-22(31)30-19-10-27-11-20(30)14-29(13-19)12-15-1-6-18(25)7-2-15;/h4-12,22-23H,13-17H2,1-3H3,(H3,31,32,37);1-9,19-20,27H,10-14H2,(H3,26,28,32);1H/b11-7+;8-4+;. The van der Waals surface area contributed by atoms with Crippen LogP contribution in [0, 0.1) is 11.6 Å². The first-order valence-corrected chi connectivity index (χ1v) is 23.9. The van der Waals surface area contributed by atoms with Crippen molar-refractivity contribution in [1.82, 2.24) is 29.8 Å². The van der Waals surface area contributed by atoms with E-state index in [1.54, 1.807) is 77.7 Å². The number of nitrogens with zero attached hydrogens (tertiary/aromatic N) is 5. The van der Waals surface area contributed by atoms with Crippen LogP contribution in [0.1, 0.15) is 43.0 Å². The highest BCUT2D eigenvalue weighted by molar-refractivity contribution is 6.31. The molecule has 7 N–H and O–H groups in total. The lowest BCUT2D eigenvalue weighted by Gasteiger charge is -2.52. The highest BCUT2D eigenvalue weighted by Crippen LogP contribution is 2.29. The lowest BCUT2D eigenvalue weighted by atomic mass is 9.99. The van der Waals surface area contributed by atoms with Crippen molar-refractivity contribution < 1.29 is 37.5 Å². The van der Waals surface area contributed by atoms with Crippen molar-refractivity contribution in [3.8, 4) is 0 Å². The van der Waals surface area contributed by atoms with E-state index in [1.165, 1.54) is 36.4 Å². The number of fused-ring (bicyclic) bond motifs is 4. The Balaban J connectivity index is 0.000000236. The van der Waals surface area contributed by atoms with Crippen LogP contribution in [-0.4, -0.2) is 137 Å². The predicted molar refractivity (Wildman–Crippen MR) is 278 cm³/mol. The van der Waals surface area contributed by atoms with Gasteiger partial charge in [0.1, 0.15) is 17.2 Å². The maximum absolute atomic E-state index is 13.5. The largest absolute Gasteiger partial charge is 0.444 e. The van der Waals surface area contributed by atoms with E-state index >= 15 is 0 Å². The van der Waals surface area contributed by atoms with E-state index in [0.29, 0.717) is 78.4 Å². The van der Waals surface area contributed by atoms with Gasteiger partial charge in [-0.3, -0.25) is 19.4 Å². The summed E-state index contributed by atoms with van der Waals surface area (Å²) in [5.41, 5.74) is 13.9. The molecule has 4 aromatic carbocycles. The summed E-state index contributed by atoms with van der Waals surface area (Å²) < 4.78 is 32.2. The summed E-state index contributed by atoms with van der Waals surface area (Å²) in [6.07, 6.45) is 5.84. The maximum atomic E-state index is 13.5. The first kappa shape index (κ1) is 55.0. The zero-order valence-corrected chi connectivity index (χ0v) is 42.4. The highest BCUT2D eigenvalue weighted by atomic mass is 35.5. The van der Waals surface area contributed by atoms with Crippen molar-refractivity contribution in [2.24, 2.45) is 11.5 Å². The summed E-state index contributed by atoms with van der Waals surface area (Å²) in [7, 11) is 0. The second-order valence-electron chi connectivity index (χ2n) is 18.9. The van der Waals surface area contributed by atoms with E-state index in [-0.39, 0.29) is 60.0 Å². The van der Waals surface area contributed by atoms with Gasteiger partial charge in [0.25, 0.3) is 0 Å². The Hall–Kier alpha value is -6.28. The van der Waals surface area contributed by atoms with Gasteiger partial charge < -0.3 is 46.9 Å². The third-order valence-corrected chi connectivity index (χ3v) is 12.7. The molecule has 0 aromatic heterocycles. The number of carbonyl (C=O) groups is 5. The number of hydrogen-bond donors (Lipinski definition) is 5. The number of nitrogens with two attached hydrogens (primary N) is 2. The smallest absolute Gasteiger partial charge is 0.410 e. The minimum atomic E-state index is -0.743. The molecule has 4 atom stereocenters. The molecule has 4 heterocycles. The maximum Gasteiger partial charge on any atom is 0.410 e. The van der Waals surface area contributed by atoms with Crippen LogP contribution in [-0.2, 0) is 27.4 Å². The zero-order chi connectivity index (χ0) is 51.0. The number of benzene rings is 4. The summed E-state index contributed by atoms with van der Waals surface area (Å²) in [4.78, 5) is 72.1. The molecule has 4 unspecified atom stereocenters. The Morgan fingerprint density at radius 1 is 0.639 bits per heavy atom. The van der Waals surface area contributed by atoms with Gasteiger partial charge in [-0.15, -0.1) is 12.4 Å². The van der Waals surface area contributed by atoms with Crippen LogP contribution in [0.2, 0.25) is 10.0 Å². The fourth-order valence-corrected chi connectivity index (χ4v) is 9.72. The van der Waals surface area contributed by atoms with E-state index in [2.05, 4.69) is 25.8 Å². The molecule has 4 aliphatic rings. The van der Waals surface area contributed by atoms with Crippen molar-refractivity contribution >= 4 is 89.1 Å². The van der Waals surface area contributed by atoms with Crippen molar-refractivity contribution in [3.63, 3.8) is 0 Å².